The molecule has 3 rings (SSSR count). The van der Waals surface area contributed by atoms with Crippen LogP contribution >= 0.6 is 11.8 Å². The minimum atomic E-state index is -1.04. The zero-order chi connectivity index (χ0) is 16.4. The SMILES string of the molecule is O=C(O)c1ccccc1SC1CC(=O)N(CC2CCCO2)C1=O. The van der Waals surface area contributed by atoms with Crippen molar-refractivity contribution in [1.82, 2.24) is 4.90 Å². The van der Waals surface area contributed by atoms with Gasteiger partial charge in [-0.15, -0.1) is 11.8 Å². The second-order valence-electron chi connectivity index (χ2n) is 5.59. The van der Waals surface area contributed by atoms with Crippen molar-refractivity contribution >= 4 is 29.5 Å². The van der Waals surface area contributed by atoms with Crippen molar-refractivity contribution < 1.29 is 24.2 Å². The lowest BCUT2D eigenvalue weighted by Gasteiger charge is -2.18. The van der Waals surface area contributed by atoms with Crippen LogP contribution in [0, 0.1) is 0 Å². The first kappa shape index (κ1) is 16.0. The summed E-state index contributed by atoms with van der Waals surface area (Å²) < 4.78 is 5.49. The van der Waals surface area contributed by atoms with E-state index in [1.807, 2.05) is 0 Å². The molecule has 1 N–H and O–H groups in total. The minimum Gasteiger partial charge on any atom is -0.478 e. The normalized spacial score (nSPS) is 24.4. The van der Waals surface area contributed by atoms with Crippen LogP contribution in [0.25, 0.3) is 0 Å². The smallest absolute Gasteiger partial charge is 0.336 e. The molecule has 7 heteroatoms. The second kappa shape index (κ2) is 6.72. The van der Waals surface area contributed by atoms with Crippen molar-refractivity contribution in [2.45, 2.75) is 35.5 Å². The number of benzene rings is 1. The molecule has 23 heavy (non-hydrogen) atoms. The molecule has 0 aliphatic carbocycles. The van der Waals surface area contributed by atoms with Gasteiger partial charge in [-0.1, -0.05) is 12.1 Å². The van der Waals surface area contributed by atoms with Gasteiger partial charge in [0, 0.05) is 17.9 Å². The minimum absolute atomic E-state index is 0.0713. The second-order valence-corrected chi connectivity index (χ2v) is 6.83. The fourth-order valence-corrected chi connectivity index (χ4v) is 4.03. The number of carboxylic acids is 1. The van der Waals surface area contributed by atoms with Crippen LogP contribution in [0.5, 0.6) is 0 Å². The van der Waals surface area contributed by atoms with Crippen LogP contribution in [-0.2, 0) is 14.3 Å². The van der Waals surface area contributed by atoms with E-state index in [0.717, 1.165) is 24.6 Å². The topological polar surface area (TPSA) is 83.9 Å². The summed E-state index contributed by atoms with van der Waals surface area (Å²) in [4.78, 5) is 37.6. The molecule has 122 valence electrons. The maximum Gasteiger partial charge on any atom is 0.336 e. The molecular weight excluding hydrogens is 318 g/mol. The number of carbonyl (C=O) groups is 3. The molecule has 0 radical (unpaired) electrons. The summed E-state index contributed by atoms with van der Waals surface area (Å²) in [6, 6.07) is 6.52. The number of likely N-dealkylation sites (tertiary alicyclic amines) is 1. The van der Waals surface area contributed by atoms with E-state index in [-0.39, 0.29) is 29.9 Å². The largest absolute Gasteiger partial charge is 0.478 e. The highest BCUT2D eigenvalue weighted by Crippen LogP contribution is 2.34. The molecule has 6 nitrogen and oxygen atoms in total. The third kappa shape index (κ3) is 3.40. The van der Waals surface area contributed by atoms with Gasteiger partial charge in [0.2, 0.25) is 11.8 Å². The highest BCUT2D eigenvalue weighted by atomic mass is 32.2. The van der Waals surface area contributed by atoms with Crippen molar-refractivity contribution in [1.29, 1.82) is 0 Å². The highest BCUT2D eigenvalue weighted by Gasteiger charge is 2.41. The maximum absolute atomic E-state index is 12.5. The fourth-order valence-electron chi connectivity index (χ4n) is 2.83. The van der Waals surface area contributed by atoms with Gasteiger partial charge in [0.05, 0.1) is 23.5 Å². The predicted octanol–water partition coefficient (Wildman–Crippen LogP) is 1.78. The Bertz CT molecular complexity index is 641. The Morgan fingerprint density at radius 2 is 2.13 bits per heavy atom. The third-order valence-corrected chi connectivity index (χ3v) is 5.26. The molecule has 1 aromatic carbocycles. The predicted molar refractivity (Wildman–Crippen MR) is 83.4 cm³/mol. The van der Waals surface area contributed by atoms with Crippen molar-refractivity contribution in [2.75, 3.05) is 13.2 Å². The van der Waals surface area contributed by atoms with Gasteiger partial charge in [-0.2, -0.15) is 0 Å². The number of rotatable bonds is 5. The Kier molecular flexibility index (Phi) is 4.68. The number of hydrogen-bond donors (Lipinski definition) is 1. The number of amides is 2. The first-order valence-electron chi connectivity index (χ1n) is 7.51. The molecule has 2 aliphatic rings. The molecule has 2 aliphatic heterocycles. The summed E-state index contributed by atoms with van der Waals surface area (Å²) >= 11 is 1.15. The van der Waals surface area contributed by atoms with Gasteiger partial charge in [0.15, 0.2) is 0 Å². The number of aromatic carboxylic acids is 1. The van der Waals surface area contributed by atoms with Crippen LogP contribution in [0.4, 0.5) is 0 Å². The zero-order valence-electron chi connectivity index (χ0n) is 12.4. The van der Waals surface area contributed by atoms with E-state index in [1.54, 1.807) is 18.2 Å². The third-order valence-electron chi connectivity index (χ3n) is 4.00. The first-order chi connectivity index (χ1) is 11.1. The van der Waals surface area contributed by atoms with Crippen molar-refractivity contribution in [3.8, 4) is 0 Å². The average molecular weight is 335 g/mol. The molecule has 2 atom stereocenters. The Labute approximate surface area is 137 Å². The molecule has 2 unspecified atom stereocenters. The maximum atomic E-state index is 12.5. The van der Waals surface area contributed by atoms with Gasteiger partial charge < -0.3 is 9.84 Å². The van der Waals surface area contributed by atoms with Crippen molar-refractivity contribution in [2.24, 2.45) is 0 Å². The molecule has 0 aromatic heterocycles. The number of imide groups is 1. The van der Waals surface area contributed by atoms with Crippen LogP contribution in [0.3, 0.4) is 0 Å². The van der Waals surface area contributed by atoms with E-state index >= 15 is 0 Å². The molecule has 0 saturated carbocycles. The van der Waals surface area contributed by atoms with E-state index in [1.165, 1.54) is 11.0 Å². The lowest BCUT2D eigenvalue weighted by atomic mass is 10.2. The van der Waals surface area contributed by atoms with E-state index in [2.05, 4.69) is 0 Å². The van der Waals surface area contributed by atoms with Gasteiger partial charge in [-0.25, -0.2) is 4.79 Å². The van der Waals surface area contributed by atoms with Crippen LogP contribution in [0.1, 0.15) is 29.6 Å². The van der Waals surface area contributed by atoms with E-state index in [0.29, 0.717) is 18.0 Å². The van der Waals surface area contributed by atoms with Gasteiger partial charge >= 0.3 is 5.97 Å². The van der Waals surface area contributed by atoms with Crippen LogP contribution in [-0.4, -0.2) is 52.3 Å². The fraction of sp³-hybridized carbons (Fsp3) is 0.438. The Morgan fingerprint density at radius 3 is 2.83 bits per heavy atom. The van der Waals surface area contributed by atoms with Crippen molar-refractivity contribution in [3.63, 3.8) is 0 Å². The van der Waals surface area contributed by atoms with E-state index < -0.39 is 11.2 Å². The summed E-state index contributed by atoms with van der Waals surface area (Å²) in [7, 11) is 0. The zero-order valence-corrected chi connectivity index (χ0v) is 13.3. The summed E-state index contributed by atoms with van der Waals surface area (Å²) in [5.41, 5.74) is 0.148. The Balaban J connectivity index is 1.71. The van der Waals surface area contributed by atoms with Gasteiger partial charge in [-0.3, -0.25) is 14.5 Å². The van der Waals surface area contributed by atoms with Crippen molar-refractivity contribution in [3.05, 3.63) is 29.8 Å². The quantitative estimate of drug-likeness (QED) is 0.826. The molecule has 0 spiro atoms. The Hall–Kier alpha value is -1.86. The average Bonchev–Trinajstić information content (AvgIpc) is 3.12. The molecule has 0 bridgehead atoms. The van der Waals surface area contributed by atoms with Gasteiger partial charge in [0.1, 0.15) is 0 Å². The molecule has 2 fully saturated rings. The number of carboxylic acid groups (broad SMARTS) is 1. The first-order valence-corrected chi connectivity index (χ1v) is 8.39. The standard InChI is InChI=1S/C16H17NO5S/c18-14-8-13(15(19)17(14)9-10-4-3-7-22-10)23-12-6-2-1-5-11(12)16(20)21/h1-2,5-6,10,13H,3-4,7-9H2,(H,20,21). The van der Waals surface area contributed by atoms with Crippen LogP contribution in [0.2, 0.25) is 0 Å². The number of carbonyl (C=O) groups excluding carboxylic acids is 2. The number of thioether (sulfide) groups is 1. The van der Waals surface area contributed by atoms with Gasteiger partial charge in [-0.05, 0) is 25.0 Å². The summed E-state index contributed by atoms with van der Waals surface area (Å²) in [5.74, 6) is -1.51. The van der Waals surface area contributed by atoms with Gasteiger partial charge in [0.25, 0.3) is 0 Å². The highest BCUT2D eigenvalue weighted by molar-refractivity contribution is 8.00. The number of nitrogens with zero attached hydrogens (tertiary/aromatic N) is 1. The number of ether oxygens (including phenoxy) is 1. The van der Waals surface area contributed by atoms with Crippen LogP contribution < -0.4 is 0 Å². The number of hydrogen-bond acceptors (Lipinski definition) is 5. The summed E-state index contributed by atoms with van der Waals surface area (Å²) in [6.07, 6.45) is 1.84. The van der Waals surface area contributed by atoms with Crippen LogP contribution in [0.15, 0.2) is 29.2 Å². The van der Waals surface area contributed by atoms with E-state index in [4.69, 9.17) is 4.74 Å². The monoisotopic (exact) mass is 335 g/mol. The Morgan fingerprint density at radius 1 is 1.35 bits per heavy atom. The molecule has 2 saturated heterocycles. The molecule has 1 aromatic rings. The lowest BCUT2D eigenvalue weighted by Crippen LogP contribution is -2.37. The molecule has 2 amide bonds. The molecule has 2 heterocycles. The van der Waals surface area contributed by atoms with E-state index in [9.17, 15) is 19.5 Å². The molecular formula is C16H17NO5S. The lowest BCUT2D eigenvalue weighted by molar-refractivity contribution is -0.140. The summed E-state index contributed by atoms with van der Waals surface area (Å²) in [5, 5.41) is 8.64. The summed E-state index contributed by atoms with van der Waals surface area (Å²) in [6.45, 7) is 0.973.